The van der Waals surface area contributed by atoms with Crippen LogP contribution in [0, 0.1) is 17.3 Å². The first kappa shape index (κ1) is 8.03. The van der Waals surface area contributed by atoms with Gasteiger partial charge in [-0.3, -0.25) is 0 Å². The van der Waals surface area contributed by atoms with Crippen molar-refractivity contribution in [3.63, 3.8) is 0 Å². The molecule has 0 radical (unpaired) electrons. The molecule has 0 aromatic carbocycles. The lowest BCUT2D eigenvalue weighted by Gasteiger charge is -2.35. The Bertz CT molecular complexity index is 219. The summed E-state index contributed by atoms with van der Waals surface area (Å²) in [5.74, 6) is 1.34. The molecular formula is C11H16O. The van der Waals surface area contributed by atoms with Crippen LogP contribution < -0.4 is 0 Å². The second-order valence-corrected chi connectivity index (χ2v) is 4.46. The zero-order chi connectivity index (χ0) is 8.60. The van der Waals surface area contributed by atoms with Crippen LogP contribution >= 0.6 is 0 Å². The molecule has 12 heavy (non-hydrogen) atoms. The number of carbonyl (C=O) groups is 1. The van der Waals surface area contributed by atoms with Crippen molar-refractivity contribution in [2.75, 3.05) is 0 Å². The molecule has 0 unspecified atom stereocenters. The number of hydrogen-bond acceptors (Lipinski definition) is 1. The van der Waals surface area contributed by atoms with E-state index in [4.69, 9.17) is 0 Å². The van der Waals surface area contributed by atoms with Crippen LogP contribution in [0.3, 0.4) is 0 Å². The van der Waals surface area contributed by atoms with Crippen LogP contribution in [0.5, 0.6) is 0 Å². The molecule has 66 valence electrons. The highest BCUT2D eigenvalue weighted by Gasteiger charge is 2.42. The Kier molecular flexibility index (Phi) is 1.82. The summed E-state index contributed by atoms with van der Waals surface area (Å²) in [5.41, 5.74) is -0.0457. The highest BCUT2D eigenvalue weighted by molar-refractivity contribution is 5.60. The fourth-order valence-corrected chi connectivity index (χ4v) is 2.82. The van der Waals surface area contributed by atoms with Gasteiger partial charge in [-0.1, -0.05) is 25.5 Å². The molecule has 0 bridgehead atoms. The molecule has 1 nitrogen and oxygen atoms in total. The van der Waals surface area contributed by atoms with Crippen LogP contribution in [0.1, 0.15) is 32.6 Å². The molecule has 0 amide bonds. The van der Waals surface area contributed by atoms with Crippen LogP contribution in [-0.2, 0) is 4.79 Å². The molecule has 0 spiro atoms. The number of fused-ring (bicyclic) bond motifs is 1. The lowest BCUT2D eigenvalue weighted by molar-refractivity contribution is -0.118. The molecule has 2 aliphatic rings. The first-order valence-corrected chi connectivity index (χ1v) is 4.89. The van der Waals surface area contributed by atoms with Crippen molar-refractivity contribution in [3.8, 4) is 0 Å². The Labute approximate surface area is 73.8 Å². The summed E-state index contributed by atoms with van der Waals surface area (Å²) in [6, 6.07) is 0. The molecule has 3 atom stereocenters. The van der Waals surface area contributed by atoms with Crippen LogP contribution in [-0.4, -0.2) is 6.29 Å². The highest BCUT2D eigenvalue weighted by atomic mass is 16.1. The number of hydrogen-bond donors (Lipinski definition) is 0. The molecular weight excluding hydrogens is 148 g/mol. The second-order valence-electron chi connectivity index (χ2n) is 4.46. The van der Waals surface area contributed by atoms with Gasteiger partial charge < -0.3 is 4.79 Å². The minimum Gasteiger partial charge on any atom is -0.303 e. The smallest absolute Gasteiger partial charge is 0.126 e. The number of rotatable bonds is 1. The largest absolute Gasteiger partial charge is 0.303 e. The van der Waals surface area contributed by atoms with Crippen LogP contribution in [0.2, 0.25) is 0 Å². The molecule has 2 rings (SSSR count). The van der Waals surface area contributed by atoms with Gasteiger partial charge in [-0.25, -0.2) is 0 Å². The normalized spacial score (nSPS) is 45.8. The van der Waals surface area contributed by atoms with Gasteiger partial charge in [-0.2, -0.15) is 0 Å². The topological polar surface area (TPSA) is 17.1 Å². The average Bonchev–Trinajstić information content (AvgIpc) is 2.54. The molecule has 1 heteroatoms. The van der Waals surface area contributed by atoms with Gasteiger partial charge in [0.05, 0.1) is 0 Å². The number of allylic oxidation sites excluding steroid dienone is 2. The standard InChI is InChI=1S/C11H16O/c1-11(8-12)7-3-5-9-4-2-6-10(9)11/h3,5,8-10H,2,4,6-7H2,1H3/t9-,10-,11+/m1/s1. The Hall–Kier alpha value is -0.590. The van der Waals surface area contributed by atoms with Gasteiger partial charge in [0, 0.05) is 5.41 Å². The van der Waals surface area contributed by atoms with Gasteiger partial charge >= 0.3 is 0 Å². The van der Waals surface area contributed by atoms with E-state index in [0.29, 0.717) is 11.8 Å². The average molecular weight is 164 g/mol. The predicted molar refractivity (Wildman–Crippen MR) is 48.8 cm³/mol. The van der Waals surface area contributed by atoms with E-state index < -0.39 is 0 Å². The summed E-state index contributed by atoms with van der Waals surface area (Å²) < 4.78 is 0. The first-order chi connectivity index (χ1) is 5.76. The lowest BCUT2D eigenvalue weighted by atomic mass is 9.68. The van der Waals surface area contributed by atoms with E-state index in [0.717, 1.165) is 6.42 Å². The maximum Gasteiger partial charge on any atom is 0.126 e. The Balaban J connectivity index is 2.27. The van der Waals surface area contributed by atoms with Crippen molar-refractivity contribution in [2.45, 2.75) is 32.6 Å². The van der Waals surface area contributed by atoms with Crippen LogP contribution in [0.4, 0.5) is 0 Å². The van der Waals surface area contributed by atoms with E-state index in [2.05, 4.69) is 19.1 Å². The van der Waals surface area contributed by atoms with Crippen LogP contribution in [0.25, 0.3) is 0 Å². The summed E-state index contributed by atoms with van der Waals surface area (Å²) in [7, 11) is 0. The molecule has 1 saturated carbocycles. The van der Waals surface area contributed by atoms with E-state index in [9.17, 15) is 4.79 Å². The molecule has 0 aliphatic heterocycles. The van der Waals surface area contributed by atoms with E-state index >= 15 is 0 Å². The SMILES string of the molecule is C[C@@]1(C=O)CC=C[C@H]2CCC[C@H]21. The summed E-state index contributed by atoms with van der Waals surface area (Å²) in [6.07, 6.45) is 10.5. The summed E-state index contributed by atoms with van der Waals surface area (Å²) in [4.78, 5) is 11.0. The fourth-order valence-electron chi connectivity index (χ4n) is 2.82. The van der Waals surface area contributed by atoms with Gasteiger partial charge in [0.15, 0.2) is 0 Å². The maximum atomic E-state index is 11.0. The van der Waals surface area contributed by atoms with Crippen molar-refractivity contribution in [1.82, 2.24) is 0 Å². The molecule has 2 aliphatic carbocycles. The zero-order valence-corrected chi connectivity index (χ0v) is 7.62. The van der Waals surface area contributed by atoms with Crippen molar-refractivity contribution < 1.29 is 4.79 Å². The Morgan fingerprint density at radius 3 is 3.08 bits per heavy atom. The third-order valence-electron chi connectivity index (χ3n) is 3.63. The quantitative estimate of drug-likeness (QED) is 0.430. The molecule has 0 aromatic rings. The van der Waals surface area contributed by atoms with Gasteiger partial charge in [0.2, 0.25) is 0 Å². The molecule has 0 N–H and O–H groups in total. The summed E-state index contributed by atoms with van der Waals surface area (Å²) >= 11 is 0. The highest BCUT2D eigenvalue weighted by Crippen LogP contribution is 2.48. The van der Waals surface area contributed by atoms with E-state index in [1.807, 2.05) is 0 Å². The first-order valence-electron chi connectivity index (χ1n) is 4.89. The van der Waals surface area contributed by atoms with Crippen LogP contribution in [0.15, 0.2) is 12.2 Å². The van der Waals surface area contributed by atoms with Crippen molar-refractivity contribution >= 4 is 6.29 Å². The summed E-state index contributed by atoms with van der Waals surface area (Å²) in [5, 5.41) is 0. The molecule has 0 saturated heterocycles. The van der Waals surface area contributed by atoms with E-state index in [1.165, 1.54) is 25.5 Å². The van der Waals surface area contributed by atoms with Crippen molar-refractivity contribution in [1.29, 1.82) is 0 Å². The number of aldehydes is 1. The van der Waals surface area contributed by atoms with Gasteiger partial charge in [-0.15, -0.1) is 0 Å². The van der Waals surface area contributed by atoms with E-state index in [1.54, 1.807) is 0 Å². The Morgan fingerprint density at radius 2 is 2.33 bits per heavy atom. The fraction of sp³-hybridized carbons (Fsp3) is 0.727. The van der Waals surface area contributed by atoms with Gasteiger partial charge in [-0.05, 0) is 31.1 Å². The third kappa shape index (κ3) is 1.03. The van der Waals surface area contributed by atoms with E-state index in [-0.39, 0.29) is 5.41 Å². The van der Waals surface area contributed by atoms with Crippen molar-refractivity contribution in [2.24, 2.45) is 17.3 Å². The molecule has 0 heterocycles. The second kappa shape index (κ2) is 2.72. The zero-order valence-electron chi connectivity index (χ0n) is 7.62. The predicted octanol–water partition coefficient (Wildman–Crippen LogP) is 2.57. The minimum absolute atomic E-state index is 0.0457. The molecule has 0 aromatic heterocycles. The minimum atomic E-state index is -0.0457. The third-order valence-corrected chi connectivity index (χ3v) is 3.63. The lowest BCUT2D eigenvalue weighted by Crippen LogP contribution is -2.33. The Morgan fingerprint density at radius 1 is 1.50 bits per heavy atom. The summed E-state index contributed by atoms with van der Waals surface area (Å²) in [6.45, 7) is 2.12. The van der Waals surface area contributed by atoms with Crippen molar-refractivity contribution in [3.05, 3.63) is 12.2 Å². The monoisotopic (exact) mass is 164 g/mol. The van der Waals surface area contributed by atoms with Gasteiger partial charge in [0.25, 0.3) is 0 Å². The molecule has 1 fully saturated rings. The number of carbonyl (C=O) groups excluding carboxylic acids is 1. The van der Waals surface area contributed by atoms with Gasteiger partial charge in [0.1, 0.15) is 6.29 Å². The maximum absolute atomic E-state index is 11.0.